The van der Waals surface area contributed by atoms with Gasteiger partial charge in [-0.1, -0.05) is 29.8 Å². The summed E-state index contributed by atoms with van der Waals surface area (Å²) in [4.78, 5) is 0. The van der Waals surface area contributed by atoms with Crippen molar-refractivity contribution >= 4 is 27.5 Å². The normalized spacial score (nSPS) is 12.2. The van der Waals surface area contributed by atoms with Crippen LogP contribution in [0, 0.1) is 5.82 Å². The number of halogens is 3. The standard InChI is InChI=1S/C16H16BrClFNO/c1-10(11-6-7-15(21-2)13(17)8-11)20-9-12-4-3-5-14(18)16(12)19/h3-8,10,20H,9H2,1-2H3. The number of methoxy groups -OCH3 is 1. The molecule has 0 amide bonds. The van der Waals surface area contributed by atoms with Crippen molar-refractivity contribution in [3.05, 3.63) is 62.8 Å². The quantitative estimate of drug-likeness (QED) is 0.788. The molecule has 0 saturated heterocycles. The molecule has 0 aliphatic heterocycles. The highest BCUT2D eigenvalue weighted by molar-refractivity contribution is 9.10. The van der Waals surface area contributed by atoms with Crippen molar-refractivity contribution in [1.82, 2.24) is 5.32 Å². The van der Waals surface area contributed by atoms with E-state index in [9.17, 15) is 4.39 Å². The van der Waals surface area contributed by atoms with Gasteiger partial charge in [-0.25, -0.2) is 4.39 Å². The average Bonchev–Trinajstić information content (AvgIpc) is 2.48. The number of ether oxygens (including phenoxy) is 1. The van der Waals surface area contributed by atoms with Crippen LogP contribution in [0.2, 0.25) is 5.02 Å². The third-order valence-electron chi connectivity index (χ3n) is 3.31. The van der Waals surface area contributed by atoms with E-state index in [1.54, 1.807) is 25.3 Å². The fourth-order valence-corrected chi connectivity index (χ4v) is 2.77. The highest BCUT2D eigenvalue weighted by atomic mass is 79.9. The van der Waals surface area contributed by atoms with Gasteiger partial charge in [-0.3, -0.25) is 0 Å². The predicted molar refractivity (Wildman–Crippen MR) is 87.4 cm³/mol. The monoisotopic (exact) mass is 371 g/mol. The summed E-state index contributed by atoms with van der Waals surface area (Å²) in [6, 6.07) is 11.0. The third-order valence-corrected chi connectivity index (χ3v) is 4.22. The zero-order valence-corrected chi connectivity index (χ0v) is 14.1. The van der Waals surface area contributed by atoms with Gasteiger partial charge in [-0.2, -0.15) is 0 Å². The van der Waals surface area contributed by atoms with Gasteiger partial charge in [0.15, 0.2) is 0 Å². The van der Waals surface area contributed by atoms with Crippen molar-refractivity contribution in [2.75, 3.05) is 7.11 Å². The molecular formula is C16H16BrClFNO. The topological polar surface area (TPSA) is 21.3 Å². The maximum atomic E-state index is 13.8. The van der Waals surface area contributed by atoms with Crippen LogP contribution < -0.4 is 10.1 Å². The molecule has 112 valence electrons. The molecule has 0 aromatic heterocycles. The van der Waals surface area contributed by atoms with Crippen molar-refractivity contribution in [2.24, 2.45) is 0 Å². The fourth-order valence-electron chi connectivity index (χ4n) is 2.02. The lowest BCUT2D eigenvalue weighted by Crippen LogP contribution is -2.18. The Labute approximate surface area is 137 Å². The second kappa shape index (κ2) is 7.25. The van der Waals surface area contributed by atoms with E-state index in [0.29, 0.717) is 12.1 Å². The van der Waals surface area contributed by atoms with Crippen LogP contribution in [0.15, 0.2) is 40.9 Å². The largest absolute Gasteiger partial charge is 0.496 e. The van der Waals surface area contributed by atoms with Crippen LogP contribution in [0.4, 0.5) is 4.39 Å². The molecule has 0 aliphatic carbocycles. The van der Waals surface area contributed by atoms with E-state index in [1.165, 1.54) is 0 Å². The second-order valence-electron chi connectivity index (χ2n) is 4.71. The predicted octanol–water partition coefficient (Wildman–Crippen LogP) is 5.10. The second-order valence-corrected chi connectivity index (χ2v) is 5.97. The van der Waals surface area contributed by atoms with Crippen LogP contribution in [-0.2, 0) is 6.54 Å². The zero-order valence-electron chi connectivity index (χ0n) is 11.8. The maximum Gasteiger partial charge on any atom is 0.146 e. The molecule has 21 heavy (non-hydrogen) atoms. The minimum Gasteiger partial charge on any atom is -0.496 e. The summed E-state index contributed by atoms with van der Waals surface area (Å²) in [5.74, 6) is 0.418. The number of benzene rings is 2. The molecule has 0 saturated carbocycles. The van der Waals surface area contributed by atoms with Gasteiger partial charge < -0.3 is 10.1 Å². The van der Waals surface area contributed by atoms with Crippen LogP contribution in [0.25, 0.3) is 0 Å². The van der Waals surface area contributed by atoms with Crippen molar-refractivity contribution in [1.29, 1.82) is 0 Å². The Morgan fingerprint density at radius 2 is 2.10 bits per heavy atom. The summed E-state index contributed by atoms with van der Waals surface area (Å²) in [5, 5.41) is 3.44. The lowest BCUT2D eigenvalue weighted by Gasteiger charge is -2.16. The van der Waals surface area contributed by atoms with Gasteiger partial charge in [0.25, 0.3) is 0 Å². The van der Waals surface area contributed by atoms with E-state index >= 15 is 0 Å². The molecule has 1 N–H and O–H groups in total. The summed E-state index contributed by atoms with van der Waals surface area (Å²) in [7, 11) is 1.63. The minimum atomic E-state index is -0.366. The van der Waals surface area contributed by atoms with Crippen LogP contribution >= 0.6 is 27.5 Å². The smallest absolute Gasteiger partial charge is 0.146 e. The molecule has 5 heteroatoms. The molecule has 1 atom stereocenters. The van der Waals surface area contributed by atoms with E-state index in [1.807, 2.05) is 25.1 Å². The third kappa shape index (κ3) is 3.96. The molecule has 0 fully saturated rings. The summed E-state index contributed by atoms with van der Waals surface area (Å²) >= 11 is 9.24. The maximum absolute atomic E-state index is 13.8. The van der Waals surface area contributed by atoms with Crippen molar-refractivity contribution < 1.29 is 9.13 Å². The molecule has 0 heterocycles. The van der Waals surface area contributed by atoms with E-state index in [4.69, 9.17) is 16.3 Å². The molecule has 0 radical (unpaired) electrons. The number of hydrogen-bond acceptors (Lipinski definition) is 2. The molecule has 2 nitrogen and oxygen atoms in total. The van der Waals surface area contributed by atoms with Gasteiger partial charge in [0, 0.05) is 18.2 Å². The lowest BCUT2D eigenvalue weighted by molar-refractivity contribution is 0.411. The first-order valence-corrected chi connectivity index (χ1v) is 7.69. The summed E-state index contributed by atoms with van der Waals surface area (Å²) in [6.07, 6.45) is 0. The van der Waals surface area contributed by atoms with Crippen LogP contribution in [-0.4, -0.2) is 7.11 Å². The van der Waals surface area contributed by atoms with E-state index in [2.05, 4.69) is 21.2 Å². The Morgan fingerprint density at radius 1 is 1.33 bits per heavy atom. The van der Waals surface area contributed by atoms with E-state index in [0.717, 1.165) is 15.8 Å². The molecule has 2 rings (SSSR count). The first-order valence-electron chi connectivity index (χ1n) is 6.52. The number of rotatable bonds is 5. The van der Waals surface area contributed by atoms with Gasteiger partial charge >= 0.3 is 0 Å². The number of nitrogens with one attached hydrogen (secondary N) is 1. The lowest BCUT2D eigenvalue weighted by atomic mass is 10.1. The van der Waals surface area contributed by atoms with Crippen molar-refractivity contribution in [2.45, 2.75) is 19.5 Å². The zero-order chi connectivity index (χ0) is 15.4. The Bertz CT molecular complexity index is 636. The van der Waals surface area contributed by atoms with Gasteiger partial charge in [0.1, 0.15) is 11.6 Å². The molecule has 0 spiro atoms. The molecule has 0 aliphatic rings. The van der Waals surface area contributed by atoms with E-state index < -0.39 is 0 Å². The van der Waals surface area contributed by atoms with Crippen LogP contribution in [0.3, 0.4) is 0 Å². The highest BCUT2D eigenvalue weighted by Gasteiger charge is 2.10. The SMILES string of the molecule is COc1ccc(C(C)NCc2cccc(Cl)c2F)cc1Br. The summed E-state index contributed by atoms with van der Waals surface area (Å²) in [6.45, 7) is 2.44. The first-order chi connectivity index (χ1) is 10.0. The molecule has 2 aromatic rings. The Balaban J connectivity index is 2.06. The van der Waals surface area contributed by atoms with Gasteiger partial charge in [-0.05, 0) is 46.6 Å². The highest BCUT2D eigenvalue weighted by Crippen LogP contribution is 2.28. The summed E-state index contributed by atoms with van der Waals surface area (Å²) in [5.41, 5.74) is 1.65. The Kier molecular flexibility index (Phi) is 5.62. The molecule has 2 aromatic carbocycles. The fraction of sp³-hybridized carbons (Fsp3) is 0.250. The molecular weight excluding hydrogens is 357 g/mol. The van der Waals surface area contributed by atoms with Gasteiger partial charge in [-0.15, -0.1) is 0 Å². The average molecular weight is 373 g/mol. The Hall–Kier alpha value is -1.10. The first kappa shape index (κ1) is 16.3. The Morgan fingerprint density at radius 3 is 2.76 bits per heavy atom. The number of hydrogen-bond donors (Lipinski definition) is 1. The van der Waals surface area contributed by atoms with Crippen molar-refractivity contribution in [3.63, 3.8) is 0 Å². The van der Waals surface area contributed by atoms with E-state index in [-0.39, 0.29) is 16.9 Å². The molecule has 1 unspecified atom stereocenters. The summed E-state index contributed by atoms with van der Waals surface area (Å²) < 4.78 is 19.9. The minimum absolute atomic E-state index is 0.0746. The van der Waals surface area contributed by atoms with Gasteiger partial charge in [0.2, 0.25) is 0 Å². The van der Waals surface area contributed by atoms with Crippen LogP contribution in [0.1, 0.15) is 24.1 Å². The van der Waals surface area contributed by atoms with Gasteiger partial charge in [0.05, 0.1) is 16.6 Å². The van der Waals surface area contributed by atoms with Crippen LogP contribution in [0.5, 0.6) is 5.75 Å². The molecule has 0 bridgehead atoms. The van der Waals surface area contributed by atoms with Crippen molar-refractivity contribution in [3.8, 4) is 5.75 Å².